The molecule has 0 aliphatic heterocycles. The van der Waals surface area contributed by atoms with Gasteiger partial charge in [-0.2, -0.15) is 13.2 Å². The molecule has 0 unspecified atom stereocenters. The number of alkyl halides is 3. The first kappa shape index (κ1) is 20.8. The van der Waals surface area contributed by atoms with Crippen LogP contribution in [0.5, 0.6) is 0 Å². The molecular weight excluding hydrogens is 415 g/mol. The Bertz CT molecular complexity index is 1230. The highest BCUT2D eigenvalue weighted by Crippen LogP contribution is 2.34. The largest absolute Gasteiger partial charge is 0.489 e. The van der Waals surface area contributed by atoms with Crippen molar-refractivity contribution in [3.8, 4) is 5.69 Å². The van der Waals surface area contributed by atoms with E-state index < -0.39 is 30.1 Å². The van der Waals surface area contributed by atoms with E-state index >= 15 is 0 Å². The van der Waals surface area contributed by atoms with Gasteiger partial charge in [0.25, 0.3) is 0 Å². The second-order valence-electron chi connectivity index (χ2n) is 6.79. The first-order chi connectivity index (χ1) is 14.7. The lowest BCUT2D eigenvalue weighted by Gasteiger charge is -2.20. The summed E-state index contributed by atoms with van der Waals surface area (Å²) >= 11 is 0. The molecule has 0 radical (unpaired) electrons. The number of fused-ring (bicyclic) bond motifs is 1. The maximum Gasteiger partial charge on any atom is 0.489 e. The maximum atomic E-state index is 13.6. The Morgan fingerprint density at radius 3 is 2.35 bits per heavy atom. The van der Waals surface area contributed by atoms with E-state index in [4.69, 9.17) is 0 Å². The van der Waals surface area contributed by atoms with Gasteiger partial charge in [0.2, 0.25) is 5.95 Å². The minimum Gasteiger partial charge on any atom is -0.423 e. The number of aromatic nitrogens is 3. The standard InChI is InChI=1S/C20H15BF4N4O2/c1-28(14-3-2-8-26-11-14)19-27-17-10-16(21(30)31)15(20(23,24)25)9-18(17)29(19)13-6-4-12(22)5-7-13/h2-11,30-31H,1H3. The van der Waals surface area contributed by atoms with Crippen LogP contribution in [0.2, 0.25) is 0 Å². The molecule has 2 N–H and O–H groups in total. The summed E-state index contributed by atoms with van der Waals surface area (Å²) in [5.74, 6) is -0.274. The van der Waals surface area contributed by atoms with Crippen LogP contribution in [0.3, 0.4) is 0 Å². The fourth-order valence-electron chi connectivity index (χ4n) is 3.32. The maximum absolute atomic E-state index is 13.6. The van der Waals surface area contributed by atoms with Gasteiger partial charge in [-0.3, -0.25) is 9.55 Å². The SMILES string of the molecule is CN(c1cccnc1)c1nc2cc(B(O)O)c(C(F)(F)F)cc2n1-c1ccc(F)cc1. The average Bonchev–Trinajstić information content (AvgIpc) is 3.11. The predicted molar refractivity (Wildman–Crippen MR) is 108 cm³/mol. The number of benzene rings is 2. The lowest BCUT2D eigenvalue weighted by atomic mass is 9.76. The summed E-state index contributed by atoms with van der Waals surface area (Å²) in [7, 11) is -0.679. The molecule has 31 heavy (non-hydrogen) atoms. The van der Waals surface area contributed by atoms with Crippen LogP contribution in [-0.2, 0) is 6.18 Å². The van der Waals surface area contributed by atoms with E-state index in [0.717, 1.165) is 12.1 Å². The zero-order valence-corrected chi connectivity index (χ0v) is 16.0. The Labute approximate surface area is 174 Å². The number of anilines is 2. The molecule has 11 heteroatoms. The Morgan fingerprint density at radius 1 is 1.06 bits per heavy atom. The number of rotatable bonds is 4. The zero-order chi connectivity index (χ0) is 22.3. The fourth-order valence-corrected chi connectivity index (χ4v) is 3.32. The summed E-state index contributed by atoms with van der Waals surface area (Å²) < 4.78 is 55.8. The van der Waals surface area contributed by atoms with Gasteiger partial charge in [-0.25, -0.2) is 9.37 Å². The van der Waals surface area contributed by atoms with Crippen molar-refractivity contribution < 1.29 is 27.6 Å². The van der Waals surface area contributed by atoms with E-state index in [1.54, 1.807) is 36.5 Å². The second kappa shape index (κ2) is 7.67. The number of hydrogen-bond acceptors (Lipinski definition) is 5. The molecule has 0 spiro atoms. The van der Waals surface area contributed by atoms with Crippen LogP contribution >= 0.6 is 0 Å². The van der Waals surface area contributed by atoms with Crippen molar-refractivity contribution in [2.75, 3.05) is 11.9 Å². The molecule has 0 atom stereocenters. The number of halogens is 4. The highest BCUT2D eigenvalue weighted by Gasteiger charge is 2.37. The van der Waals surface area contributed by atoms with Gasteiger partial charge in [0.15, 0.2) is 0 Å². The van der Waals surface area contributed by atoms with Crippen molar-refractivity contribution in [2.45, 2.75) is 6.18 Å². The van der Waals surface area contributed by atoms with Crippen molar-refractivity contribution in [2.24, 2.45) is 0 Å². The topological polar surface area (TPSA) is 74.4 Å². The molecule has 2 aromatic heterocycles. The third-order valence-corrected chi connectivity index (χ3v) is 4.81. The van der Waals surface area contributed by atoms with Crippen molar-refractivity contribution >= 4 is 35.3 Å². The van der Waals surface area contributed by atoms with Gasteiger partial charge in [0, 0.05) is 18.9 Å². The van der Waals surface area contributed by atoms with Crippen LogP contribution in [0.25, 0.3) is 16.7 Å². The first-order valence-electron chi connectivity index (χ1n) is 9.06. The van der Waals surface area contributed by atoms with Gasteiger partial charge >= 0.3 is 13.3 Å². The van der Waals surface area contributed by atoms with Crippen LogP contribution < -0.4 is 10.4 Å². The first-order valence-corrected chi connectivity index (χ1v) is 9.06. The van der Waals surface area contributed by atoms with Crippen LogP contribution in [0.1, 0.15) is 5.56 Å². The molecule has 2 heterocycles. The van der Waals surface area contributed by atoms with Crippen LogP contribution in [0.15, 0.2) is 60.9 Å². The molecule has 0 aliphatic carbocycles. The molecular formula is C20H15BF4N4O2. The van der Waals surface area contributed by atoms with Gasteiger partial charge in [-0.15, -0.1) is 0 Å². The molecule has 4 rings (SSSR count). The van der Waals surface area contributed by atoms with Crippen molar-refractivity contribution in [3.63, 3.8) is 0 Å². The number of imidazole rings is 1. The highest BCUT2D eigenvalue weighted by atomic mass is 19.4. The quantitative estimate of drug-likeness (QED) is 0.385. The lowest BCUT2D eigenvalue weighted by Crippen LogP contribution is -2.36. The normalized spacial score (nSPS) is 11.7. The number of pyridine rings is 1. The van der Waals surface area contributed by atoms with E-state index in [-0.39, 0.29) is 17.0 Å². The monoisotopic (exact) mass is 430 g/mol. The molecule has 0 saturated carbocycles. The predicted octanol–water partition coefficient (Wildman–Crippen LogP) is 3.03. The third kappa shape index (κ3) is 3.85. The zero-order valence-electron chi connectivity index (χ0n) is 16.0. The molecule has 158 valence electrons. The minimum absolute atomic E-state index is 0.0640. The van der Waals surface area contributed by atoms with Crippen molar-refractivity contribution in [1.82, 2.24) is 14.5 Å². The lowest BCUT2D eigenvalue weighted by molar-refractivity contribution is -0.136. The summed E-state index contributed by atoms with van der Waals surface area (Å²) in [6.07, 6.45) is -1.70. The molecule has 0 saturated heterocycles. The summed E-state index contributed by atoms with van der Waals surface area (Å²) in [6, 6.07) is 10.4. The second-order valence-corrected chi connectivity index (χ2v) is 6.79. The van der Waals surface area contributed by atoms with Crippen LogP contribution in [0, 0.1) is 5.82 Å². The van der Waals surface area contributed by atoms with Crippen molar-refractivity contribution in [1.29, 1.82) is 0 Å². The Morgan fingerprint density at radius 2 is 1.77 bits per heavy atom. The molecule has 6 nitrogen and oxygen atoms in total. The summed E-state index contributed by atoms with van der Waals surface area (Å²) in [5, 5.41) is 19.0. The van der Waals surface area contributed by atoms with Gasteiger partial charge < -0.3 is 14.9 Å². The smallest absolute Gasteiger partial charge is 0.423 e. The molecule has 0 amide bonds. The van der Waals surface area contributed by atoms with Crippen molar-refractivity contribution in [3.05, 3.63) is 72.3 Å². The van der Waals surface area contributed by atoms with Gasteiger partial charge in [-0.05, 0) is 54.0 Å². The number of nitrogens with zero attached hydrogens (tertiary/aromatic N) is 4. The van der Waals surface area contributed by atoms with Gasteiger partial charge in [0.05, 0.1) is 28.5 Å². The minimum atomic E-state index is -4.83. The molecule has 0 aliphatic rings. The van der Waals surface area contributed by atoms with Gasteiger partial charge in [0.1, 0.15) is 5.82 Å². The molecule has 0 fully saturated rings. The van der Waals surface area contributed by atoms with E-state index in [2.05, 4.69) is 9.97 Å². The Balaban J connectivity index is 2.04. The van der Waals surface area contributed by atoms with Gasteiger partial charge in [-0.1, -0.05) is 0 Å². The van der Waals surface area contributed by atoms with E-state index in [1.165, 1.54) is 28.8 Å². The van der Waals surface area contributed by atoms with E-state index in [9.17, 15) is 27.6 Å². The highest BCUT2D eigenvalue weighted by molar-refractivity contribution is 6.59. The van der Waals surface area contributed by atoms with E-state index in [1.807, 2.05) is 0 Å². The molecule has 2 aromatic carbocycles. The average molecular weight is 430 g/mol. The summed E-state index contributed by atoms with van der Waals surface area (Å²) in [5.41, 5.74) is -0.756. The van der Waals surface area contributed by atoms with E-state index in [0.29, 0.717) is 11.4 Å². The summed E-state index contributed by atoms with van der Waals surface area (Å²) in [4.78, 5) is 10.1. The number of hydrogen-bond donors (Lipinski definition) is 2. The summed E-state index contributed by atoms with van der Waals surface area (Å²) in [6.45, 7) is 0. The molecule has 4 aromatic rings. The Hall–Kier alpha value is -3.44. The third-order valence-electron chi connectivity index (χ3n) is 4.81. The Kier molecular flexibility index (Phi) is 5.15. The fraction of sp³-hybridized carbons (Fsp3) is 0.100. The van der Waals surface area contributed by atoms with Crippen LogP contribution in [0.4, 0.5) is 29.2 Å². The molecule has 0 bridgehead atoms. The van der Waals surface area contributed by atoms with Crippen LogP contribution in [-0.4, -0.2) is 38.7 Å².